The van der Waals surface area contributed by atoms with Crippen molar-refractivity contribution in [2.45, 2.75) is 0 Å². The van der Waals surface area contributed by atoms with Crippen LogP contribution >= 0.6 is 0 Å². The number of fused-ring (bicyclic) bond motifs is 2. The highest BCUT2D eigenvalue weighted by Gasteiger charge is 2.33. The Morgan fingerprint density at radius 2 is 1.72 bits per heavy atom. The van der Waals surface area contributed by atoms with Gasteiger partial charge in [-0.3, -0.25) is 14.5 Å². The van der Waals surface area contributed by atoms with Crippen molar-refractivity contribution in [3.63, 3.8) is 0 Å². The number of esters is 1. The van der Waals surface area contributed by atoms with Crippen LogP contribution in [0.1, 0.15) is 20.7 Å². The highest BCUT2D eigenvalue weighted by atomic mass is 16.6. The molecule has 11 heteroatoms. The number of hydrogen-bond donors (Lipinski definition) is 1. The molecule has 11 nitrogen and oxygen atoms in total. The first-order valence-corrected chi connectivity index (χ1v) is 9.41. The van der Waals surface area contributed by atoms with Crippen LogP contribution < -0.4 is 9.47 Å². The van der Waals surface area contributed by atoms with Crippen LogP contribution in [0.5, 0.6) is 17.2 Å². The molecule has 2 aromatic carbocycles. The summed E-state index contributed by atoms with van der Waals surface area (Å²) in [4.78, 5) is 37.8. The van der Waals surface area contributed by atoms with Gasteiger partial charge in [-0.15, -0.1) is 15.0 Å². The quantitative estimate of drug-likeness (QED) is 0.252. The zero-order valence-electron chi connectivity index (χ0n) is 17.2. The van der Waals surface area contributed by atoms with Gasteiger partial charge in [0.2, 0.25) is 0 Å². The van der Waals surface area contributed by atoms with Crippen LogP contribution in [0.4, 0.5) is 0 Å². The summed E-state index contributed by atoms with van der Waals surface area (Å²) in [6.07, 6.45) is 1.05. The first-order chi connectivity index (χ1) is 15.3. The Morgan fingerprint density at radius 1 is 1.09 bits per heavy atom. The van der Waals surface area contributed by atoms with Crippen LogP contribution in [0.3, 0.4) is 0 Å². The smallest absolute Gasteiger partial charge is 0.330 e. The van der Waals surface area contributed by atoms with E-state index in [1.54, 1.807) is 0 Å². The van der Waals surface area contributed by atoms with Crippen molar-refractivity contribution >= 4 is 28.8 Å². The molecule has 1 N–H and O–H groups in total. The second-order valence-electron chi connectivity index (χ2n) is 6.76. The molecule has 0 unspecified atom stereocenters. The summed E-state index contributed by atoms with van der Waals surface area (Å²) in [7, 11) is 2.78. The van der Waals surface area contributed by atoms with Crippen LogP contribution in [0, 0.1) is 0 Å². The van der Waals surface area contributed by atoms with Crippen LogP contribution in [0.25, 0.3) is 16.7 Å². The lowest BCUT2D eigenvalue weighted by atomic mass is 10.1. The fourth-order valence-corrected chi connectivity index (χ4v) is 3.20. The van der Waals surface area contributed by atoms with Gasteiger partial charge in [0.25, 0.3) is 11.8 Å². The normalized spacial score (nSPS) is 12.8. The van der Waals surface area contributed by atoms with E-state index >= 15 is 0 Å². The maximum absolute atomic E-state index is 12.2. The molecule has 0 saturated heterocycles. The zero-order valence-corrected chi connectivity index (χ0v) is 17.2. The molecule has 1 aromatic heterocycles. The van der Waals surface area contributed by atoms with E-state index in [4.69, 9.17) is 14.2 Å². The van der Waals surface area contributed by atoms with Crippen LogP contribution in [-0.2, 0) is 9.53 Å². The van der Waals surface area contributed by atoms with Gasteiger partial charge in [-0.2, -0.15) is 0 Å². The SMILES string of the molecule is C=CC(=O)OCCOc1cc(OC)c(O)c(-n2nc3cc4c(cc3n2)C(=O)N(C)C4=O)c1. The second kappa shape index (κ2) is 8.02. The van der Waals surface area contributed by atoms with E-state index in [1.807, 2.05) is 0 Å². The molecule has 1 aliphatic rings. The van der Waals surface area contributed by atoms with Crippen molar-refractivity contribution in [3.8, 4) is 22.9 Å². The van der Waals surface area contributed by atoms with Gasteiger partial charge in [-0.05, 0) is 12.1 Å². The second-order valence-corrected chi connectivity index (χ2v) is 6.76. The van der Waals surface area contributed by atoms with E-state index in [0.717, 1.165) is 15.8 Å². The predicted octanol–water partition coefficient (Wildman–Crippen LogP) is 1.47. The number of aromatic hydroxyl groups is 1. The van der Waals surface area contributed by atoms with E-state index in [1.165, 1.54) is 38.4 Å². The standard InChI is InChI=1S/C21H18N4O7/c1-4-18(26)32-6-5-31-11-7-16(19(27)17(8-11)30-3)25-22-14-9-12-13(10-15(14)23-25)21(29)24(2)20(12)28/h4,7-10,27H,1,5-6H2,2-3H3. The number of phenolic OH excluding ortho intramolecular Hbond substituents is 1. The molecule has 0 aliphatic carbocycles. The van der Waals surface area contributed by atoms with Gasteiger partial charge in [-0.25, -0.2) is 4.79 Å². The van der Waals surface area contributed by atoms with E-state index in [9.17, 15) is 19.5 Å². The van der Waals surface area contributed by atoms with E-state index in [-0.39, 0.29) is 41.5 Å². The highest BCUT2D eigenvalue weighted by Crippen LogP contribution is 2.37. The lowest BCUT2D eigenvalue weighted by Gasteiger charge is -2.12. The number of nitrogens with zero attached hydrogens (tertiary/aromatic N) is 4. The van der Waals surface area contributed by atoms with Gasteiger partial charge in [0.15, 0.2) is 11.5 Å². The Balaban J connectivity index is 1.68. The number of carbonyl (C=O) groups is 3. The Kier molecular flexibility index (Phi) is 5.23. The number of phenols is 1. The van der Waals surface area contributed by atoms with Crippen molar-refractivity contribution < 1.29 is 33.7 Å². The van der Waals surface area contributed by atoms with Crippen molar-refractivity contribution in [2.24, 2.45) is 0 Å². The zero-order chi connectivity index (χ0) is 23.0. The Labute approximate surface area is 181 Å². The molecule has 0 atom stereocenters. The average molecular weight is 438 g/mol. The number of methoxy groups -OCH3 is 1. The lowest BCUT2D eigenvalue weighted by molar-refractivity contribution is -0.138. The summed E-state index contributed by atoms with van der Waals surface area (Å²) < 4.78 is 15.6. The van der Waals surface area contributed by atoms with Gasteiger partial charge < -0.3 is 19.3 Å². The third kappa shape index (κ3) is 3.49. The van der Waals surface area contributed by atoms with Crippen LogP contribution in [0.15, 0.2) is 36.9 Å². The van der Waals surface area contributed by atoms with Gasteiger partial charge in [-0.1, -0.05) is 6.58 Å². The van der Waals surface area contributed by atoms with E-state index < -0.39 is 17.8 Å². The fourth-order valence-electron chi connectivity index (χ4n) is 3.20. The predicted molar refractivity (Wildman–Crippen MR) is 110 cm³/mol. The summed E-state index contributed by atoms with van der Waals surface area (Å²) >= 11 is 0. The third-order valence-electron chi connectivity index (χ3n) is 4.82. The van der Waals surface area contributed by atoms with Crippen molar-refractivity contribution in [1.29, 1.82) is 0 Å². The number of benzene rings is 2. The minimum atomic E-state index is -0.569. The number of aromatic nitrogens is 3. The minimum Gasteiger partial charge on any atom is -0.503 e. The highest BCUT2D eigenvalue weighted by molar-refractivity contribution is 6.22. The molecule has 0 bridgehead atoms. The van der Waals surface area contributed by atoms with Gasteiger partial charge in [0.05, 0.1) is 18.2 Å². The molecule has 164 valence electrons. The van der Waals surface area contributed by atoms with Crippen LogP contribution in [-0.4, -0.2) is 70.2 Å². The first-order valence-electron chi connectivity index (χ1n) is 9.41. The summed E-state index contributed by atoms with van der Waals surface area (Å²) in [5.41, 5.74) is 1.35. The molecule has 3 aromatic rings. The molecular weight excluding hydrogens is 420 g/mol. The van der Waals surface area contributed by atoms with Crippen molar-refractivity contribution in [3.05, 3.63) is 48.0 Å². The molecule has 0 fully saturated rings. The molecule has 4 rings (SSSR count). The Morgan fingerprint density at radius 3 is 2.28 bits per heavy atom. The van der Waals surface area contributed by atoms with Gasteiger partial charge >= 0.3 is 5.97 Å². The number of carbonyl (C=O) groups excluding carboxylic acids is 3. The van der Waals surface area contributed by atoms with Gasteiger partial charge in [0.1, 0.15) is 35.7 Å². The molecule has 2 amide bonds. The molecule has 2 heterocycles. The van der Waals surface area contributed by atoms with Crippen molar-refractivity contribution in [1.82, 2.24) is 19.9 Å². The third-order valence-corrected chi connectivity index (χ3v) is 4.82. The lowest BCUT2D eigenvalue weighted by Crippen LogP contribution is -2.24. The summed E-state index contributed by atoms with van der Waals surface area (Å²) in [6, 6.07) is 5.91. The number of amides is 2. The summed E-state index contributed by atoms with van der Waals surface area (Å²) in [5, 5.41) is 19.2. The summed E-state index contributed by atoms with van der Waals surface area (Å²) in [6.45, 7) is 3.35. The topological polar surface area (TPSA) is 133 Å². The van der Waals surface area contributed by atoms with E-state index in [0.29, 0.717) is 16.8 Å². The largest absolute Gasteiger partial charge is 0.503 e. The fraction of sp³-hybridized carbons (Fsp3) is 0.190. The minimum absolute atomic E-state index is 0.00462. The van der Waals surface area contributed by atoms with Crippen LogP contribution in [0.2, 0.25) is 0 Å². The Bertz CT molecular complexity index is 1230. The number of imide groups is 1. The molecule has 0 saturated carbocycles. The van der Waals surface area contributed by atoms with Crippen molar-refractivity contribution in [2.75, 3.05) is 27.4 Å². The Hall–Kier alpha value is -4.41. The molecule has 0 radical (unpaired) electrons. The molecular formula is C21H18N4O7. The van der Waals surface area contributed by atoms with E-state index in [2.05, 4.69) is 16.8 Å². The number of rotatable bonds is 7. The first kappa shape index (κ1) is 20.8. The molecule has 1 aliphatic heterocycles. The average Bonchev–Trinajstić information content (AvgIpc) is 3.30. The maximum Gasteiger partial charge on any atom is 0.330 e. The molecule has 32 heavy (non-hydrogen) atoms. The number of hydrogen-bond acceptors (Lipinski definition) is 9. The molecule has 0 spiro atoms. The number of ether oxygens (including phenoxy) is 3. The van der Waals surface area contributed by atoms with Gasteiger partial charge in [0, 0.05) is 25.3 Å². The monoisotopic (exact) mass is 438 g/mol. The summed E-state index contributed by atoms with van der Waals surface area (Å²) in [5.74, 6) is -1.23. The maximum atomic E-state index is 12.2.